The Kier molecular flexibility index (Phi) is 4.89. The van der Waals surface area contributed by atoms with Crippen LogP contribution in [0, 0.1) is 0 Å². The van der Waals surface area contributed by atoms with Gasteiger partial charge >= 0.3 is 0 Å². The van der Waals surface area contributed by atoms with Crippen LogP contribution in [-0.2, 0) is 0 Å². The van der Waals surface area contributed by atoms with Gasteiger partial charge in [0.2, 0.25) is 0 Å². The number of rotatable bonds is 4. The summed E-state index contributed by atoms with van der Waals surface area (Å²) in [6.07, 6.45) is -0.758. The number of halogens is 2. The number of hydrogen-bond acceptors (Lipinski definition) is 4. The predicted octanol–water partition coefficient (Wildman–Crippen LogP) is 4.37. The monoisotopic (exact) mass is 406 g/mol. The van der Waals surface area contributed by atoms with Crippen molar-refractivity contribution in [3.63, 3.8) is 0 Å². The van der Waals surface area contributed by atoms with E-state index in [2.05, 4.69) is 31.9 Å². The van der Waals surface area contributed by atoms with Gasteiger partial charge in [0.05, 0.1) is 23.6 Å². The first-order chi connectivity index (χ1) is 9.08. The van der Waals surface area contributed by atoms with Gasteiger partial charge in [-0.2, -0.15) is 0 Å². The Morgan fingerprint density at radius 2 is 1.79 bits per heavy atom. The minimum absolute atomic E-state index is 0.612. The maximum atomic E-state index is 10.5. The molecular weight excluding hydrogens is 396 g/mol. The average molecular weight is 408 g/mol. The lowest BCUT2D eigenvalue weighted by molar-refractivity contribution is 0.217. The molecule has 0 radical (unpaired) electrons. The second-order valence-electron chi connectivity index (χ2n) is 3.76. The van der Waals surface area contributed by atoms with E-state index in [-0.39, 0.29) is 0 Å². The Bertz CT molecular complexity index is 583. The van der Waals surface area contributed by atoms with Crippen LogP contribution >= 0.6 is 43.2 Å². The molecule has 0 spiro atoms. The Labute approximate surface area is 132 Å². The van der Waals surface area contributed by atoms with Crippen molar-refractivity contribution in [3.05, 3.63) is 43.0 Å². The molecule has 0 aliphatic rings. The second-order valence-corrected chi connectivity index (χ2v) is 6.42. The summed E-state index contributed by atoms with van der Waals surface area (Å²) in [5.41, 5.74) is 0.672. The Hall–Kier alpha value is -0.560. The summed E-state index contributed by atoms with van der Waals surface area (Å²) in [6.45, 7) is 0. The molecule has 1 aromatic heterocycles. The summed E-state index contributed by atoms with van der Waals surface area (Å²) in [5, 5.41) is 12.4. The second kappa shape index (κ2) is 6.26. The van der Waals surface area contributed by atoms with Crippen LogP contribution < -0.4 is 9.47 Å². The molecule has 0 saturated carbocycles. The van der Waals surface area contributed by atoms with E-state index < -0.39 is 6.10 Å². The highest BCUT2D eigenvalue weighted by molar-refractivity contribution is 9.10. The van der Waals surface area contributed by atoms with Gasteiger partial charge in [0.1, 0.15) is 17.6 Å². The van der Waals surface area contributed by atoms with E-state index >= 15 is 0 Å². The molecule has 2 rings (SSSR count). The lowest BCUT2D eigenvalue weighted by atomic mass is 10.1. The van der Waals surface area contributed by atoms with Crippen LogP contribution in [0.4, 0.5) is 0 Å². The van der Waals surface area contributed by atoms with Gasteiger partial charge in [-0.25, -0.2) is 0 Å². The van der Waals surface area contributed by atoms with Gasteiger partial charge in [-0.05, 0) is 55.4 Å². The van der Waals surface area contributed by atoms with Gasteiger partial charge in [-0.3, -0.25) is 0 Å². The van der Waals surface area contributed by atoms with E-state index in [1.807, 2.05) is 11.4 Å². The number of aliphatic hydroxyl groups excluding tert-OH is 1. The number of aliphatic hydroxyl groups is 1. The summed E-state index contributed by atoms with van der Waals surface area (Å²) >= 11 is 8.32. The zero-order valence-electron chi connectivity index (χ0n) is 10.3. The fraction of sp³-hybridized carbons (Fsp3) is 0.231. The van der Waals surface area contributed by atoms with E-state index in [0.29, 0.717) is 17.1 Å². The third-order valence-electron chi connectivity index (χ3n) is 2.69. The fourth-order valence-electron chi connectivity index (χ4n) is 1.74. The molecule has 0 bridgehead atoms. The number of hydrogen-bond donors (Lipinski definition) is 1. The SMILES string of the molecule is COc1cc(C(O)c2sccc2Br)c(OC)cc1Br. The van der Waals surface area contributed by atoms with Crippen molar-refractivity contribution in [3.8, 4) is 11.5 Å². The number of thiophene rings is 1. The molecule has 0 aliphatic heterocycles. The Morgan fingerprint density at radius 1 is 1.11 bits per heavy atom. The topological polar surface area (TPSA) is 38.7 Å². The lowest BCUT2D eigenvalue weighted by Gasteiger charge is -2.16. The molecule has 0 aliphatic carbocycles. The molecule has 0 amide bonds. The van der Waals surface area contributed by atoms with Crippen LogP contribution in [0.1, 0.15) is 16.5 Å². The molecule has 1 unspecified atom stereocenters. The minimum atomic E-state index is -0.758. The molecule has 6 heteroatoms. The van der Waals surface area contributed by atoms with Gasteiger partial charge in [-0.1, -0.05) is 0 Å². The van der Waals surface area contributed by atoms with Crippen molar-refractivity contribution in [1.29, 1.82) is 0 Å². The van der Waals surface area contributed by atoms with Crippen LogP contribution in [0.15, 0.2) is 32.5 Å². The van der Waals surface area contributed by atoms with Crippen molar-refractivity contribution in [2.45, 2.75) is 6.10 Å². The molecule has 1 heterocycles. The van der Waals surface area contributed by atoms with Crippen LogP contribution in [-0.4, -0.2) is 19.3 Å². The molecule has 3 nitrogen and oxygen atoms in total. The van der Waals surface area contributed by atoms with Gasteiger partial charge in [0.25, 0.3) is 0 Å². The van der Waals surface area contributed by atoms with E-state index in [1.54, 1.807) is 26.4 Å². The zero-order chi connectivity index (χ0) is 14.0. The maximum absolute atomic E-state index is 10.5. The first-order valence-electron chi connectivity index (χ1n) is 5.40. The predicted molar refractivity (Wildman–Crippen MR) is 83.3 cm³/mol. The normalized spacial score (nSPS) is 12.3. The van der Waals surface area contributed by atoms with Crippen molar-refractivity contribution in [1.82, 2.24) is 0 Å². The highest BCUT2D eigenvalue weighted by atomic mass is 79.9. The molecular formula is C13H12Br2O3S. The van der Waals surface area contributed by atoms with Crippen LogP contribution in [0.5, 0.6) is 11.5 Å². The van der Waals surface area contributed by atoms with Gasteiger partial charge < -0.3 is 14.6 Å². The lowest BCUT2D eigenvalue weighted by Crippen LogP contribution is -2.02. The van der Waals surface area contributed by atoms with Crippen LogP contribution in [0.25, 0.3) is 0 Å². The summed E-state index contributed by atoms with van der Waals surface area (Å²) in [6, 6.07) is 5.48. The zero-order valence-corrected chi connectivity index (χ0v) is 14.3. The third kappa shape index (κ3) is 2.97. The highest BCUT2D eigenvalue weighted by Gasteiger charge is 2.21. The van der Waals surface area contributed by atoms with Crippen molar-refractivity contribution < 1.29 is 14.6 Å². The van der Waals surface area contributed by atoms with Crippen molar-refractivity contribution >= 4 is 43.2 Å². The fourth-order valence-corrected chi connectivity index (χ4v) is 3.82. The average Bonchev–Trinajstić information content (AvgIpc) is 2.83. The minimum Gasteiger partial charge on any atom is -0.496 e. The quantitative estimate of drug-likeness (QED) is 0.817. The molecule has 102 valence electrons. The van der Waals surface area contributed by atoms with E-state index in [0.717, 1.165) is 13.8 Å². The number of ether oxygens (including phenoxy) is 2. The molecule has 2 aromatic rings. The molecule has 1 aromatic carbocycles. The maximum Gasteiger partial charge on any atom is 0.133 e. The number of benzene rings is 1. The molecule has 19 heavy (non-hydrogen) atoms. The molecule has 0 fully saturated rings. The Balaban J connectivity index is 2.51. The largest absolute Gasteiger partial charge is 0.496 e. The third-order valence-corrected chi connectivity index (χ3v) is 5.23. The first kappa shape index (κ1) is 14.8. The van der Waals surface area contributed by atoms with Crippen molar-refractivity contribution in [2.24, 2.45) is 0 Å². The summed E-state index contributed by atoms with van der Waals surface area (Å²) in [5.74, 6) is 1.27. The van der Waals surface area contributed by atoms with E-state index in [9.17, 15) is 5.11 Å². The first-order valence-corrected chi connectivity index (χ1v) is 7.87. The van der Waals surface area contributed by atoms with E-state index in [4.69, 9.17) is 9.47 Å². The smallest absolute Gasteiger partial charge is 0.133 e. The molecule has 1 N–H and O–H groups in total. The summed E-state index contributed by atoms with van der Waals surface area (Å²) < 4.78 is 12.3. The summed E-state index contributed by atoms with van der Waals surface area (Å²) in [7, 11) is 3.16. The van der Waals surface area contributed by atoms with E-state index in [1.165, 1.54) is 11.3 Å². The van der Waals surface area contributed by atoms with Gasteiger partial charge in [0, 0.05) is 10.0 Å². The van der Waals surface area contributed by atoms with Crippen LogP contribution in [0.2, 0.25) is 0 Å². The van der Waals surface area contributed by atoms with Crippen LogP contribution in [0.3, 0.4) is 0 Å². The van der Waals surface area contributed by atoms with Crippen molar-refractivity contribution in [2.75, 3.05) is 14.2 Å². The molecule has 1 atom stereocenters. The standard InChI is InChI=1S/C13H12Br2O3S/c1-17-10-6-9(15)11(18-2)5-7(10)12(16)13-8(14)3-4-19-13/h3-6,12,16H,1-2H3. The highest BCUT2D eigenvalue weighted by Crippen LogP contribution is 2.41. The van der Waals surface area contributed by atoms with Gasteiger partial charge in [0.15, 0.2) is 0 Å². The number of methoxy groups -OCH3 is 2. The molecule has 0 saturated heterocycles. The Morgan fingerprint density at radius 3 is 2.32 bits per heavy atom. The van der Waals surface area contributed by atoms with Gasteiger partial charge in [-0.15, -0.1) is 11.3 Å². The summed E-state index contributed by atoms with van der Waals surface area (Å²) in [4.78, 5) is 0.836.